The molecular weight excluding hydrogens is 300 g/mol. The molecule has 0 aliphatic carbocycles. The van der Waals surface area contributed by atoms with Crippen molar-refractivity contribution in [3.8, 4) is 0 Å². The molecule has 0 radical (unpaired) electrons. The molecule has 0 saturated carbocycles. The lowest BCUT2D eigenvalue weighted by molar-refractivity contribution is 0.370. The Morgan fingerprint density at radius 2 is 1.68 bits per heavy atom. The molecule has 0 aliphatic rings. The van der Waals surface area contributed by atoms with Gasteiger partial charge in [0.2, 0.25) is 0 Å². The van der Waals surface area contributed by atoms with Crippen molar-refractivity contribution in [2.75, 3.05) is 0 Å². The second kappa shape index (κ2) is 5.14. The third-order valence-electron chi connectivity index (χ3n) is 3.91. The van der Waals surface area contributed by atoms with Gasteiger partial charge in [0.25, 0.3) is 11.1 Å². The minimum atomic E-state index is -0.731. The van der Waals surface area contributed by atoms with E-state index in [1.54, 1.807) is 36.4 Å². The summed E-state index contributed by atoms with van der Waals surface area (Å²) >= 11 is 6.05. The van der Waals surface area contributed by atoms with Crippen LogP contribution in [0.4, 0.5) is 0 Å². The Kier molecular flexibility index (Phi) is 3.41. The average Bonchev–Trinajstić information content (AvgIpc) is 2.51. The summed E-state index contributed by atoms with van der Waals surface area (Å²) in [5, 5.41) is 4.07. The second-order valence-electron chi connectivity index (χ2n) is 5.70. The molecule has 2 aromatic carbocycles. The number of aromatic amines is 1. The topological polar surface area (TPSA) is 54.9 Å². The number of H-pyrrole nitrogens is 1. The first-order chi connectivity index (χ1) is 10.4. The van der Waals surface area contributed by atoms with Gasteiger partial charge < -0.3 is 0 Å². The van der Waals surface area contributed by atoms with Gasteiger partial charge in [-0.3, -0.25) is 14.7 Å². The smallest absolute Gasteiger partial charge is 0.267 e. The first-order valence-corrected chi connectivity index (χ1v) is 7.29. The molecule has 0 amide bonds. The summed E-state index contributed by atoms with van der Waals surface area (Å²) < 4.78 is 1.36. The molecule has 1 aromatic heterocycles. The van der Waals surface area contributed by atoms with E-state index in [9.17, 15) is 9.59 Å². The van der Waals surface area contributed by atoms with E-state index in [4.69, 9.17) is 11.6 Å². The molecule has 0 aliphatic heterocycles. The average molecular weight is 315 g/mol. The number of rotatable bonds is 2. The van der Waals surface area contributed by atoms with E-state index in [0.29, 0.717) is 15.8 Å². The van der Waals surface area contributed by atoms with Crippen LogP contribution in [0.2, 0.25) is 5.02 Å². The molecule has 22 heavy (non-hydrogen) atoms. The van der Waals surface area contributed by atoms with E-state index in [1.807, 2.05) is 26.0 Å². The molecular formula is C17H15ClN2O2. The van der Waals surface area contributed by atoms with E-state index < -0.39 is 5.54 Å². The van der Waals surface area contributed by atoms with Gasteiger partial charge in [0.15, 0.2) is 0 Å². The standard InChI is InChI=1S/C17H15ClN2O2/c1-17(2,11-6-5-7-12(18)10-11)20-16(22)14-9-4-3-8-13(14)15(21)19-20/h3-10H,1-2H3,(H,19,21). The fraction of sp³-hybridized carbons (Fsp3) is 0.176. The van der Waals surface area contributed by atoms with Crippen LogP contribution in [0, 0.1) is 0 Å². The van der Waals surface area contributed by atoms with Crippen molar-refractivity contribution in [2.24, 2.45) is 0 Å². The Morgan fingerprint density at radius 3 is 2.36 bits per heavy atom. The fourth-order valence-electron chi connectivity index (χ4n) is 2.59. The predicted molar refractivity (Wildman–Crippen MR) is 88.7 cm³/mol. The third-order valence-corrected chi connectivity index (χ3v) is 4.14. The summed E-state index contributed by atoms with van der Waals surface area (Å²) in [6, 6.07) is 14.1. The van der Waals surface area contributed by atoms with Crippen LogP contribution >= 0.6 is 11.6 Å². The molecule has 4 nitrogen and oxygen atoms in total. The lowest BCUT2D eigenvalue weighted by Crippen LogP contribution is -2.42. The van der Waals surface area contributed by atoms with Crippen molar-refractivity contribution >= 4 is 22.4 Å². The third kappa shape index (κ3) is 2.25. The molecule has 0 bridgehead atoms. The van der Waals surface area contributed by atoms with Crippen LogP contribution in [0.25, 0.3) is 10.8 Å². The van der Waals surface area contributed by atoms with Crippen LogP contribution < -0.4 is 11.1 Å². The fourth-order valence-corrected chi connectivity index (χ4v) is 2.78. The SMILES string of the molecule is CC(C)(c1cccc(Cl)c1)n1[nH]c(=O)c2ccccc2c1=O. The monoisotopic (exact) mass is 314 g/mol. The summed E-state index contributed by atoms with van der Waals surface area (Å²) in [4.78, 5) is 25.0. The molecule has 0 spiro atoms. The van der Waals surface area contributed by atoms with Crippen LogP contribution in [0.5, 0.6) is 0 Å². The van der Waals surface area contributed by atoms with Crippen molar-refractivity contribution in [1.29, 1.82) is 0 Å². The zero-order chi connectivity index (χ0) is 15.9. The normalized spacial score (nSPS) is 11.8. The lowest BCUT2D eigenvalue weighted by atomic mass is 9.94. The molecule has 0 fully saturated rings. The van der Waals surface area contributed by atoms with Gasteiger partial charge in [-0.2, -0.15) is 0 Å². The molecule has 3 rings (SSSR count). The van der Waals surface area contributed by atoms with Gasteiger partial charge in [-0.1, -0.05) is 35.9 Å². The summed E-state index contributed by atoms with van der Waals surface area (Å²) in [7, 11) is 0. The predicted octanol–water partition coefficient (Wildman–Crippen LogP) is 3.13. The van der Waals surface area contributed by atoms with E-state index in [1.165, 1.54) is 4.68 Å². The summed E-state index contributed by atoms with van der Waals surface area (Å²) in [5.74, 6) is 0. The molecule has 112 valence electrons. The minimum absolute atomic E-state index is 0.236. The maximum absolute atomic E-state index is 12.7. The maximum Gasteiger partial charge on any atom is 0.273 e. The number of benzene rings is 2. The number of fused-ring (bicyclic) bond motifs is 1. The highest BCUT2D eigenvalue weighted by molar-refractivity contribution is 6.30. The van der Waals surface area contributed by atoms with Gasteiger partial charge in [-0.05, 0) is 43.7 Å². The van der Waals surface area contributed by atoms with Gasteiger partial charge in [0.1, 0.15) is 0 Å². The first kappa shape index (κ1) is 14.6. The van der Waals surface area contributed by atoms with Crippen molar-refractivity contribution < 1.29 is 0 Å². The Morgan fingerprint density at radius 1 is 1.00 bits per heavy atom. The Labute approximate surface area is 132 Å². The van der Waals surface area contributed by atoms with Gasteiger partial charge in [-0.15, -0.1) is 0 Å². The number of aromatic nitrogens is 2. The number of hydrogen-bond acceptors (Lipinski definition) is 2. The van der Waals surface area contributed by atoms with Crippen molar-refractivity contribution in [1.82, 2.24) is 9.78 Å². The number of nitrogens with one attached hydrogen (secondary N) is 1. The zero-order valence-electron chi connectivity index (χ0n) is 12.3. The van der Waals surface area contributed by atoms with E-state index in [-0.39, 0.29) is 11.1 Å². The molecule has 1 N–H and O–H groups in total. The van der Waals surface area contributed by atoms with Gasteiger partial charge in [0.05, 0.1) is 16.3 Å². The largest absolute Gasteiger partial charge is 0.273 e. The van der Waals surface area contributed by atoms with E-state index >= 15 is 0 Å². The van der Waals surface area contributed by atoms with Crippen LogP contribution in [-0.4, -0.2) is 9.78 Å². The first-order valence-electron chi connectivity index (χ1n) is 6.92. The van der Waals surface area contributed by atoms with Gasteiger partial charge >= 0.3 is 0 Å². The molecule has 0 unspecified atom stereocenters. The Hall–Kier alpha value is -2.33. The van der Waals surface area contributed by atoms with Crippen LogP contribution in [0.15, 0.2) is 58.1 Å². The van der Waals surface area contributed by atoms with Crippen LogP contribution in [0.1, 0.15) is 19.4 Å². The Bertz CT molecular complexity index is 970. The second-order valence-corrected chi connectivity index (χ2v) is 6.13. The maximum atomic E-state index is 12.7. The molecule has 3 aromatic rings. The highest BCUT2D eigenvalue weighted by Gasteiger charge is 2.26. The van der Waals surface area contributed by atoms with Crippen molar-refractivity contribution in [3.63, 3.8) is 0 Å². The molecule has 1 heterocycles. The van der Waals surface area contributed by atoms with Crippen LogP contribution in [-0.2, 0) is 5.54 Å². The summed E-state index contributed by atoms with van der Waals surface area (Å²) in [5.41, 5.74) is -0.413. The van der Waals surface area contributed by atoms with E-state index in [0.717, 1.165) is 5.56 Å². The number of hydrogen-bond donors (Lipinski definition) is 1. The Balaban J connectivity index is 2.32. The summed E-state index contributed by atoms with van der Waals surface area (Å²) in [6.07, 6.45) is 0. The van der Waals surface area contributed by atoms with E-state index in [2.05, 4.69) is 5.10 Å². The summed E-state index contributed by atoms with van der Waals surface area (Å²) in [6.45, 7) is 3.73. The van der Waals surface area contributed by atoms with Crippen LogP contribution in [0.3, 0.4) is 0 Å². The highest BCUT2D eigenvalue weighted by atomic mass is 35.5. The number of nitrogens with zero attached hydrogens (tertiary/aromatic N) is 1. The van der Waals surface area contributed by atoms with Crippen molar-refractivity contribution in [2.45, 2.75) is 19.4 Å². The molecule has 0 saturated heterocycles. The lowest BCUT2D eigenvalue weighted by Gasteiger charge is -2.28. The van der Waals surface area contributed by atoms with Gasteiger partial charge in [-0.25, -0.2) is 4.68 Å². The highest BCUT2D eigenvalue weighted by Crippen LogP contribution is 2.25. The molecule has 5 heteroatoms. The van der Waals surface area contributed by atoms with Crippen molar-refractivity contribution in [3.05, 3.63) is 79.8 Å². The quantitative estimate of drug-likeness (QED) is 0.790. The molecule has 0 atom stereocenters. The zero-order valence-corrected chi connectivity index (χ0v) is 13.0. The number of halogens is 1. The van der Waals surface area contributed by atoms with Gasteiger partial charge in [0, 0.05) is 5.02 Å². The minimum Gasteiger partial charge on any atom is -0.267 e.